The molecule has 0 aliphatic carbocycles. The number of amides is 1. The standard InChI is InChI=1S/C22H25ClN2O2/c1-2-14-27-21-5-3-4-20(15-21)24-22(26)18-10-12-25(13-11-18)16-17-6-8-19(23)9-7-17/h2-9,15,18H,1,10-14,16H2,(H,24,26). The lowest BCUT2D eigenvalue weighted by atomic mass is 9.95. The maximum atomic E-state index is 12.6. The van der Waals surface area contributed by atoms with Gasteiger partial charge in [0.05, 0.1) is 0 Å². The van der Waals surface area contributed by atoms with Crippen molar-refractivity contribution in [3.8, 4) is 5.75 Å². The van der Waals surface area contributed by atoms with Gasteiger partial charge in [0, 0.05) is 29.2 Å². The van der Waals surface area contributed by atoms with Gasteiger partial charge in [-0.1, -0.05) is 42.5 Å². The molecule has 0 radical (unpaired) electrons. The van der Waals surface area contributed by atoms with Gasteiger partial charge in [0.2, 0.25) is 5.91 Å². The number of nitrogens with zero attached hydrogens (tertiary/aromatic N) is 1. The van der Waals surface area contributed by atoms with E-state index in [9.17, 15) is 4.79 Å². The molecular weight excluding hydrogens is 360 g/mol. The number of benzene rings is 2. The molecule has 1 aliphatic rings. The molecule has 1 aliphatic heterocycles. The summed E-state index contributed by atoms with van der Waals surface area (Å²) >= 11 is 5.94. The molecule has 4 nitrogen and oxygen atoms in total. The van der Waals surface area contributed by atoms with Crippen LogP contribution in [0.2, 0.25) is 5.02 Å². The zero-order valence-corrected chi connectivity index (χ0v) is 16.1. The van der Waals surface area contributed by atoms with Crippen LogP contribution >= 0.6 is 11.6 Å². The predicted octanol–water partition coefficient (Wildman–Crippen LogP) is 4.76. The van der Waals surface area contributed by atoms with Crippen molar-refractivity contribution < 1.29 is 9.53 Å². The monoisotopic (exact) mass is 384 g/mol. The zero-order valence-electron chi connectivity index (χ0n) is 15.4. The fraction of sp³-hybridized carbons (Fsp3) is 0.318. The van der Waals surface area contributed by atoms with Crippen molar-refractivity contribution >= 4 is 23.2 Å². The quantitative estimate of drug-likeness (QED) is 0.700. The van der Waals surface area contributed by atoms with Crippen LogP contribution in [-0.2, 0) is 11.3 Å². The van der Waals surface area contributed by atoms with E-state index in [-0.39, 0.29) is 11.8 Å². The van der Waals surface area contributed by atoms with E-state index in [0.717, 1.165) is 48.9 Å². The minimum Gasteiger partial charge on any atom is -0.489 e. The summed E-state index contributed by atoms with van der Waals surface area (Å²) in [5.74, 6) is 0.858. The van der Waals surface area contributed by atoms with Crippen molar-refractivity contribution in [2.24, 2.45) is 5.92 Å². The van der Waals surface area contributed by atoms with Gasteiger partial charge in [-0.25, -0.2) is 0 Å². The lowest BCUT2D eigenvalue weighted by Gasteiger charge is -2.31. The highest BCUT2D eigenvalue weighted by Gasteiger charge is 2.25. The van der Waals surface area contributed by atoms with E-state index in [1.165, 1.54) is 5.56 Å². The Hall–Kier alpha value is -2.30. The molecule has 1 fully saturated rings. The van der Waals surface area contributed by atoms with E-state index in [4.69, 9.17) is 16.3 Å². The molecule has 0 saturated carbocycles. The lowest BCUT2D eigenvalue weighted by molar-refractivity contribution is -0.121. The zero-order chi connectivity index (χ0) is 19.1. The molecule has 2 aromatic carbocycles. The van der Waals surface area contributed by atoms with E-state index < -0.39 is 0 Å². The van der Waals surface area contributed by atoms with Crippen LogP contribution in [0.1, 0.15) is 18.4 Å². The third kappa shape index (κ3) is 5.84. The molecule has 0 unspecified atom stereocenters. The average Bonchev–Trinajstić information content (AvgIpc) is 2.69. The van der Waals surface area contributed by atoms with Gasteiger partial charge in [-0.05, 0) is 55.8 Å². The van der Waals surface area contributed by atoms with Crippen LogP contribution in [0.15, 0.2) is 61.2 Å². The van der Waals surface area contributed by atoms with Gasteiger partial charge in [0.15, 0.2) is 0 Å². The second-order valence-electron chi connectivity index (χ2n) is 6.79. The van der Waals surface area contributed by atoms with Gasteiger partial charge < -0.3 is 10.1 Å². The van der Waals surface area contributed by atoms with Crippen LogP contribution in [0.3, 0.4) is 0 Å². The third-order valence-electron chi connectivity index (χ3n) is 4.75. The highest BCUT2D eigenvalue weighted by Crippen LogP contribution is 2.23. The second-order valence-corrected chi connectivity index (χ2v) is 7.23. The molecule has 1 amide bonds. The summed E-state index contributed by atoms with van der Waals surface area (Å²) < 4.78 is 5.52. The molecule has 0 aromatic heterocycles. The molecule has 3 rings (SSSR count). The average molecular weight is 385 g/mol. The molecule has 1 heterocycles. The molecule has 5 heteroatoms. The van der Waals surface area contributed by atoms with Crippen LogP contribution in [0, 0.1) is 5.92 Å². The fourth-order valence-corrected chi connectivity index (χ4v) is 3.39. The molecule has 2 aromatic rings. The summed E-state index contributed by atoms with van der Waals surface area (Å²) in [6.07, 6.45) is 3.43. The largest absolute Gasteiger partial charge is 0.489 e. The Kier molecular flexibility index (Phi) is 6.91. The van der Waals surface area contributed by atoms with Gasteiger partial charge in [0.25, 0.3) is 0 Å². The smallest absolute Gasteiger partial charge is 0.227 e. The molecule has 1 N–H and O–H groups in total. The topological polar surface area (TPSA) is 41.6 Å². The number of halogens is 1. The third-order valence-corrected chi connectivity index (χ3v) is 5.00. The van der Waals surface area contributed by atoms with Crippen molar-refractivity contribution in [2.45, 2.75) is 19.4 Å². The first-order valence-electron chi connectivity index (χ1n) is 9.25. The van der Waals surface area contributed by atoms with Crippen molar-refractivity contribution in [1.82, 2.24) is 4.90 Å². The van der Waals surface area contributed by atoms with Gasteiger partial charge in [-0.15, -0.1) is 0 Å². The number of nitrogens with one attached hydrogen (secondary N) is 1. The van der Waals surface area contributed by atoms with Crippen LogP contribution in [0.25, 0.3) is 0 Å². The van der Waals surface area contributed by atoms with Crippen LogP contribution in [-0.4, -0.2) is 30.5 Å². The van der Waals surface area contributed by atoms with E-state index in [2.05, 4.69) is 28.9 Å². The van der Waals surface area contributed by atoms with Crippen LogP contribution in [0.4, 0.5) is 5.69 Å². The highest BCUT2D eigenvalue weighted by atomic mass is 35.5. The molecule has 0 atom stereocenters. The summed E-state index contributed by atoms with van der Waals surface area (Å²) in [4.78, 5) is 15.0. The number of hydrogen-bond acceptors (Lipinski definition) is 3. The Balaban J connectivity index is 1.48. The number of rotatable bonds is 7. The first kappa shape index (κ1) is 19.5. The Labute approximate surface area is 165 Å². The molecule has 1 saturated heterocycles. The fourth-order valence-electron chi connectivity index (χ4n) is 3.26. The Bertz CT molecular complexity index is 768. The SMILES string of the molecule is C=CCOc1cccc(NC(=O)C2CCN(Cc3ccc(Cl)cc3)CC2)c1. The molecule has 0 bridgehead atoms. The summed E-state index contributed by atoms with van der Waals surface area (Å²) in [7, 11) is 0. The van der Waals surface area contributed by atoms with Gasteiger partial charge in [-0.3, -0.25) is 9.69 Å². The number of piperidine rings is 1. The van der Waals surface area contributed by atoms with Crippen LogP contribution in [0.5, 0.6) is 5.75 Å². The van der Waals surface area contributed by atoms with Crippen LogP contribution < -0.4 is 10.1 Å². The van der Waals surface area contributed by atoms with Crippen molar-refractivity contribution in [2.75, 3.05) is 25.0 Å². The molecule has 0 spiro atoms. The van der Waals surface area contributed by atoms with Crippen molar-refractivity contribution in [3.63, 3.8) is 0 Å². The lowest BCUT2D eigenvalue weighted by Crippen LogP contribution is -2.37. The predicted molar refractivity (Wildman–Crippen MR) is 110 cm³/mol. The van der Waals surface area contributed by atoms with Gasteiger partial charge in [0.1, 0.15) is 12.4 Å². The summed E-state index contributed by atoms with van der Waals surface area (Å²) in [5, 5.41) is 3.78. The molecule has 142 valence electrons. The Morgan fingerprint density at radius 3 is 2.67 bits per heavy atom. The second kappa shape index (κ2) is 9.58. The number of likely N-dealkylation sites (tertiary alicyclic amines) is 1. The van der Waals surface area contributed by atoms with Gasteiger partial charge >= 0.3 is 0 Å². The summed E-state index contributed by atoms with van der Waals surface area (Å²) in [5.41, 5.74) is 2.02. The number of hydrogen-bond donors (Lipinski definition) is 1. The van der Waals surface area contributed by atoms with E-state index in [1.807, 2.05) is 36.4 Å². The number of carbonyl (C=O) groups is 1. The molecular formula is C22H25ClN2O2. The first-order valence-corrected chi connectivity index (χ1v) is 9.63. The van der Waals surface area contributed by atoms with Crippen molar-refractivity contribution in [1.29, 1.82) is 0 Å². The summed E-state index contributed by atoms with van der Waals surface area (Å²) in [6, 6.07) is 15.4. The molecule has 27 heavy (non-hydrogen) atoms. The van der Waals surface area contributed by atoms with E-state index in [1.54, 1.807) is 6.08 Å². The number of ether oxygens (including phenoxy) is 1. The maximum Gasteiger partial charge on any atom is 0.227 e. The van der Waals surface area contributed by atoms with E-state index >= 15 is 0 Å². The van der Waals surface area contributed by atoms with Crippen molar-refractivity contribution in [3.05, 3.63) is 71.8 Å². The van der Waals surface area contributed by atoms with E-state index in [0.29, 0.717) is 6.61 Å². The Morgan fingerprint density at radius 1 is 1.22 bits per heavy atom. The summed E-state index contributed by atoms with van der Waals surface area (Å²) in [6.45, 7) is 6.82. The minimum absolute atomic E-state index is 0.0456. The maximum absolute atomic E-state index is 12.6. The number of carbonyl (C=O) groups excluding carboxylic acids is 1. The number of anilines is 1. The normalized spacial score (nSPS) is 15.3. The first-order chi connectivity index (χ1) is 13.1. The minimum atomic E-state index is 0.0456. The Morgan fingerprint density at radius 2 is 1.96 bits per heavy atom. The highest BCUT2D eigenvalue weighted by molar-refractivity contribution is 6.30. The van der Waals surface area contributed by atoms with Gasteiger partial charge in [-0.2, -0.15) is 0 Å².